The number of hydrogen-bond acceptors (Lipinski definition) is 5. The van der Waals surface area contributed by atoms with Crippen LogP contribution < -0.4 is 4.74 Å². The van der Waals surface area contributed by atoms with Crippen molar-refractivity contribution in [3.8, 4) is 5.75 Å². The van der Waals surface area contributed by atoms with Gasteiger partial charge in [0.1, 0.15) is 17.9 Å². The summed E-state index contributed by atoms with van der Waals surface area (Å²) in [6.07, 6.45) is -2.97. The van der Waals surface area contributed by atoms with Crippen molar-refractivity contribution >= 4 is 36.5 Å². The zero-order valence-electron chi connectivity index (χ0n) is 25.3. The number of rotatable bonds is 11. The number of nitrogens with zero attached hydrogens (tertiary/aromatic N) is 1. The molecule has 11 heteroatoms. The second-order valence-electron chi connectivity index (χ2n) is 12.8. The Morgan fingerprint density at radius 3 is 2.24 bits per heavy atom. The van der Waals surface area contributed by atoms with Crippen molar-refractivity contribution < 1.29 is 31.7 Å². The molecule has 2 aromatic rings. The van der Waals surface area contributed by atoms with Gasteiger partial charge in [-0.15, -0.1) is 0 Å². The van der Waals surface area contributed by atoms with Crippen LogP contribution in [0.3, 0.4) is 0 Å². The van der Waals surface area contributed by atoms with E-state index in [9.17, 15) is 17.7 Å². The fraction of sp³-hybridized carbons (Fsp3) is 0.581. The number of benzene rings is 2. The fourth-order valence-corrected chi connectivity index (χ4v) is 8.77. The summed E-state index contributed by atoms with van der Waals surface area (Å²) in [5, 5.41) is -0.124. The van der Waals surface area contributed by atoms with Crippen molar-refractivity contribution in [3.63, 3.8) is 0 Å². The predicted octanol–water partition coefficient (Wildman–Crippen LogP) is 10.0. The van der Waals surface area contributed by atoms with Crippen LogP contribution in [0, 0.1) is 0 Å². The molecule has 234 valence electrons. The molecule has 2 aromatic carbocycles. The molecular weight excluding hydrogens is 609 g/mol. The third-order valence-corrected chi connectivity index (χ3v) is 11.9. The van der Waals surface area contributed by atoms with Crippen LogP contribution in [0.15, 0.2) is 41.4 Å². The van der Waals surface area contributed by atoms with Gasteiger partial charge in [0.05, 0.1) is 18.8 Å². The minimum atomic E-state index is -4.60. The lowest BCUT2D eigenvalue weighted by Gasteiger charge is -2.41. The zero-order valence-corrected chi connectivity index (χ0v) is 27.7. The molecule has 1 heterocycles. The van der Waals surface area contributed by atoms with Crippen LogP contribution in [-0.2, 0) is 32.8 Å². The van der Waals surface area contributed by atoms with Gasteiger partial charge in [0.25, 0.3) is 0 Å². The van der Waals surface area contributed by atoms with Crippen LogP contribution in [0.2, 0.25) is 10.0 Å². The molecule has 1 unspecified atom stereocenters. The summed E-state index contributed by atoms with van der Waals surface area (Å²) in [7, 11) is -3.18. The van der Waals surface area contributed by atoms with Crippen LogP contribution in [0.4, 0.5) is 13.2 Å². The molecule has 0 bridgehead atoms. The van der Waals surface area contributed by atoms with E-state index in [0.717, 1.165) is 11.6 Å². The van der Waals surface area contributed by atoms with E-state index in [-0.39, 0.29) is 32.0 Å². The van der Waals surface area contributed by atoms with E-state index in [1.54, 1.807) is 31.2 Å². The van der Waals surface area contributed by atoms with Crippen LogP contribution >= 0.6 is 30.6 Å². The Hall–Kier alpha value is -1.73. The van der Waals surface area contributed by atoms with Crippen molar-refractivity contribution in [2.45, 2.75) is 96.2 Å². The first-order valence-electron chi connectivity index (χ1n) is 14.0. The van der Waals surface area contributed by atoms with E-state index in [1.165, 1.54) is 6.07 Å². The molecule has 0 fully saturated rings. The first-order valence-corrected chi connectivity index (χ1v) is 16.4. The van der Waals surface area contributed by atoms with E-state index in [0.29, 0.717) is 40.8 Å². The summed E-state index contributed by atoms with van der Waals surface area (Å²) in [6, 6.07) is 9.23. The van der Waals surface area contributed by atoms with Gasteiger partial charge < -0.3 is 14.0 Å². The molecule has 42 heavy (non-hydrogen) atoms. The summed E-state index contributed by atoms with van der Waals surface area (Å²) >= 11 is 12.2. The average Bonchev–Trinajstić information content (AvgIpc) is 3.25. The molecule has 0 aliphatic carbocycles. The van der Waals surface area contributed by atoms with Gasteiger partial charge in [-0.25, -0.2) is 4.99 Å². The van der Waals surface area contributed by atoms with Gasteiger partial charge in [-0.2, -0.15) is 13.2 Å². The van der Waals surface area contributed by atoms with Crippen LogP contribution in [0.5, 0.6) is 5.75 Å². The van der Waals surface area contributed by atoms with Gasteiger partial charge in [0.15, 0.2) is 5.90 Å². The minimum Gasteiger partial charge on any atom is -0.493 e. The Morgan fingerprint density at radius 1 is 1.00 bits per heavy atom. The van der Waals surface area contributed by atoms with Gasteiger partial charge in [0, 0.05) is 27.3 Å². The highest BCUT2D eigenvalue weighted by molar-refractivity contribution is 7.62. The smallest absolute Gasteiger partial charge is 0.419 e. The maximum Gasteiger partial charge on any atom is 0.419 e. The lowest BCUT2D eigenvalue weighted by atomic mass is 9.93. The Morgan fingerprint density at radius 2 is 1.67 bits per heavy atom. The number of aliphatic imine (C=N–C) groups is 1. The SMILES string of the molecule is CC1=NC(CCc2ccc(OCCCc3cc(Cl)ccc3Cl)c(C(F)(F)F)c2)(COP(=O)(C(C)(C)C)C(C)(C)C)CO1. The lowest BCUT2D eigenvalue weighted by Crippen LogP contribution is -2.38. The maximum atomic E-state index is 14.1. The maximum absolute atomic E-state index is 14.1. The van der Waals surface area contributed by atoms with Crippen LogP contribution in [0.1, 0.15) is 78.0 Å². The number of alkyl halides is 3. The van der Waals surface area contributed by atoms with Crippen molar-refractivity contribution in [2.75, 3.05) is 19.8 Å². The summed E-state index contributed by atoms with van der Waals surface area (Å²) in [5.74, 6) is 0.245. The molecule has 0 saturated heterocycles. The van der Waals surface area contributed by atoms with E-state index in [4.69, 9.17) is 37.2 Å². The minimum absolute atomic E-state index is 0.0418. The monoisotopic (exact) mass is 649 g/mol. The third-order valence-electron chi connectivity index (χ3n) is 7.31. The first kappa shape index (κ1) is 34.8. The average molecular weight is 651 g/mol. The third kappa shape index (κ3) is 8.46. The molecule has 5 nitrogen and oxygen atoms in total. The summed E-state index contributed by atoms with van der Waals surface area (Å²) in [4.78, 5) is 4.66. The van der Waals surface area contributed by atoms with Crippen molar-refractivity contribution in [1.29, 1.82) is 0 Å². The second-order valence-corrected chi connectivity index (χ2v) is 17.7. The van der Waals surface area contributed by atoms with E-state index in [1.807, 2.05) is 41.5 Å². The van der Waals surface area contributed by atoms with Crippen LogP contribution in [0.25, 0.3) is 0 Å². The Labute approximate surface area is 257 Å². The number of halogens is 5. The molecule has 0 spiro atoms. The van der Waals surface area contributed by atoms with Crippen LogP contribution in [-0.4, -0.2) is 41.6 Å². The number of hydrogen-bond donors (Lipinski definition) is 0. The highest BCUT2D eigenvalue weighted by Crippen LogP contribution is 2.67. The van der Waals surface area contributed by atoms with E-state index < -0.39 is 35.0 Å². The summed E-state index contributed by atoms with van der Waals surface area (Å²) < 4.78 is 73.6. The molecule has 0 saturated carbocycles. The zero-order chi connectivity index (χ0) is 31.6. The van der Waals surface area contributed by atoms with Gasteiger partial charge in [-0.3, -0.25) is 4.57 Å². The molecule has 0 radical (unpaired) electrons. The topological polar surface area (TPSA) is 57.1 Å². The highest BCUT2D eigenvalue weighted by atomic mass is 35.5. The molecule has 1 aliphatic heterocycles. The Kier molecular flexibility index (Phi) is 10.8. The Balaban J connectivity index is 1.73. The predicted molar refractivity (Wildman–Crippen MR) is 165 cm³/mol. The normalized spacial score (nSPS) is 18.1. The van der Waals surface area contributed by atoms with Crippen molar-refractivity contribution in [1.82, 2.24) is 0 Å². The van der Waals surface area contributed by atoms with Gasteiger partial charge in [-0.1, -0.05) is 70.8 Å². The molecular formula is C31H41Cl2F3NO4P. The summed E-state index contributed by atoms with van der Waals surface area (Å²) in [6.45, 7) is 13.4. The second kappa shape index (κ2) is 13.1. The first-order chi connectivity index (χ1) is 19.3. The standard InChI is InChI=1S/C31H41Cl2F3NO4P/c1-21-37-30(19-40-21,20-41-42(38,28(2,3)4)29(5,6)7)15-14-22-10-13-27(25(17-22)31(34,35)36)39-16-8-9-23-18-24(32)11-12-26(23)33/h10-13,17-18H,8-9,14-16,19-20H2,1-7H3. The van der Waals surface area contributed by atoms with E-state index in [2.05, 4.69) is 4.99 Å². The molecule has 0 amide bonds. The van der Waals surface area contributed by atoms with Gasteiger partial charge >= 0.3 is 6.18 Å². The van der Waals surface area contributed by atoms with Gasteiger partial charge in [-0.05, 0) is 67.1 Å². The summed E-state index contributed by atoms with van der Waals surface area (Å²) in [5.41, 5.74) is -0.397. The fourth-order valence-electron chi connectivity index (χ4n) is 5.15. The Bertz CT molecular complexity index is 1320. The van der Waals surface area contributed by atoms with Crippen molar-refractivity contribution in [3.05, 3.63) is 63.1 Å². The molecule has 0 aromatic heterocycles. The number of ether oxygens (including phenoxy) is 2. The quantitative estimate of drug-likeness (QED) is 0.179. The van der Waals surface area contributed by atoms with Crippen molar-refractivity contribution in [2.24, 2.45) is 4.99 Å². The molecule has 0 N–H and O–H groups in total. The van der Waals surface area contributed by atoms with E-state index >= 15 is 0 Å². The lowest BCUT2D eigenvalue weighted by molar-refractivity contribution is -0.139. The molecule has 1 aliphatic rings. The molecule has 3 rings (SSSR count). The number of aryl methyl sites for hydroxylation is 2. The molecule has 1 atom stereocenters. The van der Waals surface area contributed by atoms with Gasteiger partial charge in [0.2, 0.25) is 7.37 Å². The largest absolute Gasteiger partial charge is 0.493 e. The highest BCUT2D eigenvalue weighted by Gasteiger charge is 2.50.